The van der Waals surface area contributed by atoms with Crippen LogP contribution >= 0.6 is 0 Å². The molecular weight excluding hydrogens is 274 g/mol. The standard InChI is InChI=1S/C18H17N3O/c19-18-11-14(12-22)10-15-9-13(5-7-17(15)21-18)4-6-16-3-1-2-8-20-16/h1-3,5,7-10,12H,4,6,11H2,(H2,19,21). The highest BCUT2D eigenvalue weighted by molar-refractivity contribution is 5.97. The third kappa shape index (κ3) is 3.28. The Morgan fingerprint density at radius 3 is 2.86 bits per heavy atom. The number of aromatic nitrogens is 1. The Morgan fingerprint density at radius 1 is 1.18 bits per heavy atom. The van der Waals surface area contributed by atoms with Crippen molar-refractivity contribution in [1.82, 2.24) is 4.98 Å². The Kier molecular flexibility index (Phi) is 4.10. The van der Waals surface area contributed by atoms with Crippen molar-refractivity contribution in [1.29, 1.82) is 0 Å². The van der Waals surface area contributed by atoms with E-state index in [2.05, 4.69) is 22.1 Å². The van der Waals surface area contributed by atoms with E-state index in [1.54, 1.807) is 0 Å². The minimum Gasteiger partial charge on any atom is -0.387 e. The molecule has 0 fully saturated rings. The largest absolute Gasteiger partial charge is 0.387 e. The van der Waals surface area contributed by atoms with Crippen LogP contribution in [-0.4, -0.2) is 17.1 Å². The molecule has 2 heterocycles. The van der Waals surface area contributed by atoms with Gasteiger partial charge in [-0.25, -0.2) is 4.99 Å². The average molecular weight is 291 g/mol. The van der Waals surface area contributed by atoms with Crippen molar-refractivity contribution in [2.24, 2.45) is 10.7 Å². The number of aryl methyl sites for hydroxylation is 2. The summed E-state index contributed by atoms with van der Waals surface area (Å²) in [6, 6.07) is 12.0. The van der Waals surface area contributed by atoms with E-state index in [-0.39, 0.29) is 0 Å². The van der Waals surface area contributed by atoms with Crippen molar-refractivity contribution in [3.8, 4) is 0 Å². The van der Waals surface area contributed by atoms with Gasteiger partial charge in [-0.1, -0.05) is 12.1 Å². The van der Waals surface area contributed by atoms with E-state index < -0.39 is 0 Å². The molecule has 4 nitrogen and oxygen atoms in total. The second-order valence-electron chi connectivity index (χ2n) is 5.33. The van der Waals surface area contributed by atoms with Gasteiger partial charge in [-0.05, 0) is 48.7 Å². The first-order chi connectivity index (χ1) is 10.7. The minimum atomic E-state index is 0.404. The molecule has 110 valence electrons. The third-order valence-electron chi connectivity index (χ3n) is 3.63. The van der Waals surface area contributed by atoms with E-state index in [1.165, 1.54) is 5.56 Å². The highest BCUT2D eigenvalue weighted by Gasteiger charge is 2.10. The molecule has 3 rings (SSSR count). The average Bonchev–Trinajstić information content (AvgIpc) is 2.71. The molecule has 4 heteroatoms. The maximum atomic E-state index is 11.1. The summed E-state index contributed by atoms with van der Waals surface area (Å²) < 4.78 is 0. The van der Waals surface area contributed by atoms with Gasteiger partial charge in [-0.3, -0.25) is 9.78 Å². The predicted molar refractivity (Wildman–Crippen MR) is 88.0 cm³/mol. The van der Waals surface area contributed by atoms with Crippen LogP contribution in [0.15, 0.2) is 53.2 Å². The molecule has 0 unspecified atom stereocenters. The summed E-state index contributed by atoms with van der Waals surface area (Å²) in [5, 5.41) is 0. The van der Waals surface area contributed by atoms with Gasteiger partial charge in [-0.15, -0.1) is 0 Å². The molecule has 2 aromatic rings. The van der Waals surface area contributed by atoms with E-state index in [0.29, 0.717) is 17.8 Å². The second kappa shape index (κ2) is 6.35. The van der Waals surface area contributed by atoms with Gasteiger partial charge in [0.05, 0.1) is 5.69 Å². The van der Waals surface area contributed by atoms with Crippen molar-refractivity contribution in [3.63, 3.8) is 0 Å². The number of aldehydes is 1. The SMILES string of the molecule is NC1=Nc2ccc(CCc3ccccn3)cc2C=C(C=O)C1. The fraction of sp³-hybridized carbons (Fsp3) is 0.167. The van der Waals surface area contributed by atoms with Gasteiger partial charge in [0.1, 0.15) is 12.1 Å². The second-order valence-corrected chi connectivity index (χ2v) is 5.33. The van der Waals surface area contributed by atoms with Gasteiger partial charge in [-0.2, -0.15) is 0 Å². The summed E-state index contributed by atoms with van der Waals surface area (Å²) >= 11 is 0. The summed E-state index contributed by atoms with van der Waals surface area (Å²) in [7, 11) is 0. The fourth-order valence-corrected chi connectivity index (χ4v) is 2.53. The summed E-state index contributed by atoms with van der Waals surface area (Å²) in [6.07, 6.45) is 6.71. The Bertz CT molecular complexity index is 748. The number of hydrogen-bond donors (Lipinski definition) is 1. The number of aliphatic imine (C=N–C) groups is 1. The van der Waals surface area contributed by atoms with Crippen LogP contribution in [0.5, 0.6) is 0 Å². The van der Waals surface area contributed by atoms with E-state index in [4.69, 9.17) is 5.73 Å². The van der Waals surface area contributed by atoms with Crippen LogP contribution in [-0.2, 0) is 17.6 Å². The highest BCUT2D eigenvalue weighted by atomic mass is 16.1. The zero-order valence-electron chi connectivity index (χ0n) is 12.2. The lowest BCUT2D eigenvalue weighted by atomic mass is 10.0. The normalized spacial score (nSPS) is 13.6. The Morgan fingerprint density at radius 2 is 2.09 bits per heavy atom. The van der Waals surface area contributed by atoms with Crippen LogP contribution in [0.3, 0.4) is 0 Å². The summed E-state index contributed by atoms with van der Waals surface area (Å²) in [5.41, 5.74) is 10.5. The Hall–Kier alpha value is -2.75. The molecule has 0 atom stereocenters. The van der Waals surface area contributed by atoms with Crippen LogP contribution in [0.25, 0.3) is 6.08 Å². The molecular formula is C18H17N3O. The number of carbonyl (C=O) groups is 1. The molecule has 0 saturated heterocycles. The molecule has 0 radical (unpaired) electrons. The van der Waals surface area contributed by atoms with E-state index in [1.807, 2.05) is 36.5 Å². The van der Waals surface area contributed by atoms with Crippen molar-refractivity contribution < 1.29 is 4.79 Å². The molecule has 1 aromatic carbocycles. The number of carbonyl (C=O) groups excluding carboxylic acids is 1. The Labute approximate surface area is 129 Å². The van der Waals surface area contributed by atoms with Gasteiger partial charge < -0.3 is 5.73 Å². The quantitative estimate of drug-likeness (QED) is 0.881. The molecule has 1 aliphatic heterocycles. The van der Waals surface area contributed by atoms with Crippen molar-refractivity contribution in [2.75, 3.05) is 0 Å². The van der Waals surface area contributed by atoms with E-state index in [0.717, 1.165) is 36.1 Å². The first-order valence-corrected chi connectivity index (χ1v) is 7.26. The van der Waals surface area contributed by atoms with Crippen LogP contribution in [0.4, 0.5) is 5.69 Å². The number of pyridine rings is 1. The number of nitrogens with two attached hydrogens (primary N) is 1. The molecule has 0 saturated carbocycles. The van der Waals surface area contributed by atoms with Crippen LogP contribution in [0, 0.1) is 0 Å². The van der Waals surface area contributed by atoms with Gasteiger partial charge in [0.25, 0.3) is 0 Å². The molecule has 22 heavy (non-hydrogen) atoms. The first kappa shape index (κ1) is 14.2. The highest BCUT2D eigenvalue weighted by Crippen LogP contribution is 2.27. The Balaban J connectivity index is 1.84. The molecule has 0 spiro atoms. The summed E-state index contributed by atoms with van der Waals surface area (Å²) in [6.45, 7) is 0. The summed E-state index contributed by atoms with van der Waals surface area (Å²) in [5.74, 6) is 0.471. The van der Waals surface area contributed by atoms with Crippen molar-refractivity contribution >= 4 is 23.9 Å². The van der Waals surface area contributed by atoms with E-state index in [9.17, 15) is 4.79 Å². The topological polar surface area (TPSA) is 68.3 Å². The van der Waals surface area contributed by atoms with Gasteiger partial charge in [0.15, 0.2) is 0 Å². The smallest absolute Gasteiger partial charge is 0.146 e. The van der Waals surface area contributed by atoms with Crippen molar-refractivity contribution in [3.05, 3.63) is 65.0 Å². The number of amidine groups is 1. The van der Waals surface area contributed by atoms with Crippen molar-refractivity contribution in [2.45, 2.75) is 19.3 Å². The molecule has 1 aromatic heterocycles. The lowest BCUT2D eigenvalue weighted by Gasteiger charge is -2.05. The van der Waals surface area contributed by atoms with Crippen LogP contribution in [0.1, 0.15) is 23.2 Å². The predicted octanol–water partition coefficient (Wildman–Crippen LogP) is 2.84. The first-order valence-electron chi connectivity index (χ1n) is 7.26. The lowest BCUT2D eigenvalue weighted by molar-refractivity contribution is -0.104. The van der Waals surface area contributed by atoms with Gasteiger partial charge in [0, 0.05) is 29.4 Å². The fourth-order valence-electron chi connectivity index (χ4n) is 2.53. The summed E-state index contributed by atoms with van der Waals surface area (Å²) in [4.78, 5) is 19.8. The molecule has 1 aliphatic rings. The monoisotopic (exact) mass is 291 g/mol. The van der Waals surface area contributed by atoms with Gasteiger partial charge >= 0.3 is 0 Å². The zero-order valence-corrected chi connectivity index (χ0v) is 12.2. The third-order valence-corrected chi connectivity index (χ3v) is 3.63. The molecule has 0 aliphatic carbocycles. The van der Waals surface area contributed by atoms with Crippen LogP contribution in [0.2, 0.25) is 0 Å². The number of hydrogen-bond acceptors (Lipinski definition) is 4. The minimum absolute atomic E-state index is 0.404. The molecule has 0 amide bonds. The van der Waals surface area contributed by atoms with E-state index >= 15 is 0 Å². The zero-order chi connectivity index (χ0) is 15.4. The van der Waals surface area contributed by atoms with Crippen LogP contribution < -0.4 is 5.73 Å². The number of nitrogens with zero attached hydrogens (tertiary/aromatic N) is 2. The van der Waals surface area contributed by atoms with Gasteiger partial charge in [0.2, 0.25) is 0 Å². The number of fused-ring (bicyclic) bond motifs is 1. The number of rotatable bonds is 4. The maximum Gasteiger partial charge on any atom is 0.146 e. The maximum absolute atomic E-state index is 11.1. The molecule has 0 bridgehead atoms. The number of benzene rings is 1. The molecule has 2 N–H and O–H groups in total. The lowest BCUT2D eigenvalue weighted by Crippen LogP contribution is -2.11.